The first kappa shape index (κ1) is 23.2. The van der Waals surface area contributed by atoms with Gasteiger partial charge >= 0.3 is 0 Å². The number of benzene rings is 3. The number of nitrogens with one attached hydrogen (secondary N) is 1. The first-order valence-corrected chi connectivity index (χ1v) is 11.9. The molecule has 0 aliphatic heterocycles. The summed E-state index contributed by atoms with van der Waals surface area (Å²) in [6.45, 7) is -0.151. The van der Waals surface area contributed by atoms with E-state index in [4.69, 9.17) is 20.8 Å². The van der Waals surface area contributed by atoms with Crippen LogP contribution in [0, 0.1) is 0 Å². The van der Waals surface area contributed by atoms with E-state index in [-0.39, 0.29) is 12.5 Å². The highest BCUT2D eigenvalue weighted by Gasteiger charge is 2.10. The third-order valence-electron chi connectivity index (χ3n) is 4.41. The Morgan fingerprint density at radius 1 is 1.03 bits per heavy atom. The fourth-order valence-electron chi connectivity index (χ4n) is 2.84. The molecule has 0 saturated carbocycles. The SMILES string of the molecule is O=C(COc1ccc(-c2ccccc2)cc1)N/N=C\c1cc(Br)c(Sc2ccc(Cl)cc2)o1. The molecule has 0 radical (unpaired) electrons. The minimum Gasteiger partial charge on any atom is -0.484 e. The normalized spacial score (nSPS) is 11.0. The number of hydrazone groups is 1. The second-order valence-electron chi connectivity index (χ2n) is 6.81. The zero-order chi connectivity index (χ0) is 23.0. The van der Waals surface area contributed by atoms with Crippen LogP contribution in [0.2, 0.25) is 5.02 Å². The van der Waals surface area contributed by atoms with Gasteiger partial charge in [0.05, 0.1) is 10.7 Å². The largest absolute Gasteiger partial charge is 0.484 e. The molecule has 0 spiro atoms. The molecule has 0 atom stereocenters. The average molecular weight is 542 g/mol. The monoisotopic (exact) mass is 540 g/mol. The Hall–Kier alpha value is -3.00. The quantitative estimate of drug-likeness (QED) is 0.192. The van der Waals surface area contributed by atoms with Crippen molar-refractivity contribution in [1.29, 1.82) is 0 Å². The van der Waals surface area contributed by atoms with Crippen LogP contribution in [0.15, 0.2) is 109 Å². The number of rotatable bonds is 8. The number of hydrogen-bond donors (Lipinski definition) is 1. The van der Waals surface area contributed by atoms with Crippen molar-refractivity contribution in [2.45, 2.75) is 9.99 Å². The highest BCUT2D eigenvalue weighted by molar-refractivity contribution is 9.10. The van der Waals surface area contributed by atoms with E-state index in [1.165, 1.54) is 18.0 Å². The van der Waals surface area contributed by atoms with Gasteiger partial charge in [0.2, 0.25) is 0 Å². The molecule has 5 nitrogen and oxygen atoms in total. The van der Waals surface area contributed by atoms with Gasteiger partial charge in [-0.15, -0.1) is 0 Å². The molecule has 1 N–H and O–H groups in total. The number of hydrogen-bond acceptors (Lipinski definition) is 5. The minimum absolute atomic E-state index is 0.151. The van der Waals surface area contributed by atoms with Crippen molar-refractivity contribution in [2.24, 2.45) is 5.10 Å². The van der Waals surface area contributed by atoms with Gasteiger partial charge in [0.25, 0.3) is 5.91 Å². The maximum Gasteiger partial charge on any atom is 0.277 e. The molecule has 0 bridgehead atoms. The summed E-state index contributed by atoms with van der Waals surface area (Å²) >= 11 is 10.8. The summed E-state index contributed by atoms with van der Waals surface area (Å²) in [5.74, 6) is 0.725. The van der Waals surface area contributed by atoms with Gasteiger partial charge in [-0.1, -0.05) is 65.8 Å². The van der Waals surface area contributed by atoms with Gasteiger partial charge in [0.1, 0.15) is 11.5 Å². The first-order chi connectivity index (χ1) is 16.1. The van der Waals surface area contributed by atoms with Crippen molar-refractivity contribution < 1.29 is 13.9 Å². The fourth-order valence-corrected chi connectivity index (χ4v) is 4.29. The summed E-state index contributed by atoms with van der Waals surface area (Å²) in [7, 11) is 0. The van der Waals surface area contributed by atoms with Crippen molar-refractivity contribution in [3.8, 4) is 16.9 Å². The average Bonchev–Trinajstić information content (AvgIpc) is 3.19. The lowest BCUT2D eigenvalue weighted by atomic mass is 10.1. The third kappa shape index (κ3) is 6.74. The number of carbonyl (C=O) groups is 1. The van der Waals surface area contributed by atoms with Crippen LogP contribution in [0.5, 0.6) is 5.75 Å². The molecule has 4 aromatic rings. The van der Waals surface area contributed by atoms with Crippen LogP contribution in [0.3, 0.4) is 0 Å². The molecular formula is C25H18BrClN2O3S. The maximum absolute atomic E-state index is 12.0. The Morgan fingerprint density at radius 3 is 2.45 bits per heavy atom. The van der Waals surface area contributed by atoms with Crippen LogP contribution < -0.4 is 10.2 Å². The van der Waals surface area contributed by atoms with Crippen molar-refractivity contribution in [2.75, 3.05) is 6.61 Å². The second-order valence-corrected chi connectivity index (χ2v) is 9.15. The van der Waals surface area contributed by atoms with Crippen LogP contribution in [0.1, 0.15) is 5.76 Å². The topological polar surface area (TPSA) is 63.8 Å². The molecule has 0 aliphatic rings. The molecule has 1 heterocycles. The van der Waals surface area contributed by atoms with Gasteiger partial charge in [0.15, 0.2) is 11.7 Å². The van der Waals surface area contributed by atoms with E-state index >= 15 is 0 Å². The van der Waals surface area contributed by atoms with Crippen molar-refractivity contribution in [3.05, 3.63) is 100 Å². The lowest BCUT2D eigenvalue weighted by Crippen LogP contribution is -2.24. The molecular weight excluding hydrogens is 524 g/mol. The zero-order valence-corrected chi connectivity index (χ0v) is 20.4. The predicted molar refractivity (Wildman–Crippen MR) is 135 cm³/mol. The summed E-state index contributed by atoms with van der Waals surface area (Å²) in [6, 6.07) is 26.8. The molecule has 0 fully saturated rings. The molecule has 33 heavy (non-hydrogen) atoms. The lowest BCUT2D eigenvalue weighted by molar-refractivity contribution is -0.123. The molecule has 3 aromatic carbocycles. The Balaban J connectivity index is 1.26. The summed E-state index contributed by atoms with van der Waals surface area (Å²) in [5, 5.41) is 5.28. The van der Waals surface area contributed by atoms with Crippen molar-refractivity contribution in [3.63, 3.8) is 0 Å². The first-order valence-electron chi connectivity index (χ1n) is 9.90. The van der Waals surface area contributed by atoms with Gasteiger partial charge in [-0.05, 0) is 63.5 Å². The molecule has 1 amide bonds. The molecule has 4 rings (SSSR count). The van der Waals surface area contributed by atoms with Crippen LogP contribution in [0.25, 0.3) is 11.1 Å². The van der Waals surface area contributed by atoms with E-state index in [9.17, 15) is 4.79 Å². The van der Waals surface area contributed by atoms with Crippen LogP contribution >= 0.6 is 39.3 Å². The van der Waals surface area contributed by atoms with Crippen LogP contribution in [-0.2, 0) is 4.79 Å². The fraction of sp³-hybridized carbons (Fsp3) is 0.0400. The number of carbonyl (C=O) groups excluding carboxylic acids is 1. The molecule has 0 aliphatic carbocycles. The smallest absolute Gasteiger partial charge is 0.277 e. The number of amides is 1. The van der Waals surface area contributed by atoms with Gasteiger partial charge in [-0.25, -0.2) is 5.43 Å². The Morgan fingerprint density at radius 2 is 1.73 bits per heavy atom. The number of ether oxygens (including phenoxy) is 1. The highest BCUT2D eigenvalue weighted by Crippen LogP contribution is 2.36. The van der Waals surface area contributed by atoms with E-state index in [0.717, 1.165) is 20.5 Å². The summed E-state index contributed by atoms with van der Waals surface area (Å²) in [6.07, 6.45) is 1.43. The molecule has 8 heteroatoms. The van der Waals surface area contributed by atoms with Crippen molar-refractivity contribution >= 4 is 51.4 Å². The van der Waals surface area contributed by atoms with E-state index < -0.39 is 0 Å². The van der Waals surface area contributed by atoms with Crippen molar-refractivity contribution in [1.82, 2.24) is 5.43 Å². The summed E-state index contributed by atoms with van der Waals surface area (Å²) < 4.78 is 12.1. The minimum atomic E-state index is -0.375. The third-order valence-corrected chi connectivity index (χ3v) is 6.51. The van der Waals surface area contributed by atoms with E-state index in [0.29, 0.717) is 21.6 Å². The Labute approximate surface area is 208 Å². The maximum atomic E-state index is 12.0. The highest BCUT2D eigenvalue weighted by atomic mass is 79.9. The number of halogens is 2. The second kappa shape index (κ2) is 11.2. The summed E-state index contributed by atoms with van der Waals surface area (Å²) in [5.41, 5.74) is 4.63. The lowest BCUT2D eigenvalue weighted by Gasteiger charge is -2.06. The Bertz CT molecular complexity index is 1240. The summed E-state index contributed by atoms with van der Waals surface area (Å²) in [4.78, 5) is 13.0. The van der Waals surface area contributed by atoms with Gasteiger partial charge in [-0.3, -0.25) is 4.79 Å². The number of nitrogens with zero attached hydrogens (tertiary/aromatic N) is 1. The van der Waals surface area contributed by atoms with E-state index in [1.807, 2.05) is 78.9 Å². The standard InChI is InChI=1S/C25H18BrClN2O3S/c26-23-14-21(32-25(23)33-22-12-8-19(27)9-13-22)15-28-29-24(30)16-31-20-10-6-18(7-11-20)17-4-2-1-3-5-17/h1-15H,16H2,(H,29,30)/b28-15-. The van der Waals surface area contributed by atoms with Gasteiger partial charge < -0.3 is 9.15 Å². The van der Waals surface area contributed by atoms with Gasteiger partial charge in [-0.2, -0.15) is 5.10 Å². The van der Waals surface area contributed by atoms with E-state index in [2.05, 4.69) is 26.5 Å². The molecule has 0 unspecified atom stereocenters. The van der Waals surface area contributed by atoms with Crippen LogP contribution in [-0.4, -0.2) is 18.7 Å². The molecule has 0 saturated heterocycles. The van der Waals surface area contributed by atoms with Crippen LogP contribution in [0.4, 0.5) is 0 Å². The Kier molecular flexibility index (Phi) is 7.88. The zero-order valence-electron chi connectivity index (χ0n) is 17.2. The predicted octanol–water partition coefficient (Wildman–Crippen LogP) is 7.04. The van der Waals surface area contributed by atoms with E-state index in [1.54, 1.807) is 6.07 Å². The van der Waals surface area contributed by atoms with Gasteiger partial charge in [0, 0.05) is 16.0 Å². The number of furan rings is 1. The molecule has 1 aromatic heterocycles. The molecule has 166 valence electrons.